The number of fused-ring (bicyclic) bond motifs is 1. The molecule has 0 unspecified atom stereocenters. The minimum Gasteiger partial charge on any atom is -0.493 e. The number of hydrogen-bond acceptors (Lipinski definition) is 5. The fourth-order valence-electron chi connectivity index (χ4n) is 2.80. The van der Waals surface area contributed by atoms with Crippen LogP contribution in [-0.4, -0.2) is 36.1 Å². The summed E-state index contributed by atoms with van der Waals surface area (Å²) in [5.41, 5.74) is 1.16. The maximum Gasteiger partial charge on any atom is 0.387 e. The molecule has 7 nitrogen and oxygen atoms in total. The minimum absolute atomic E-state index is 0.0682. The van der Waals surface area contributed by atoms with Gasteiger partial charge in [-0.2, -0.15) is 8.78 Å². The summed E-state index contributed by atoms with van der Waals surface area (Å²) in [7, 11) is 1.36. The quantitative estimate of drug-likeness (QED) is 0.510. The van der Waals surface area contributed by atoms with Crippen molar-refractivity contribution in [3.8, 4) is 11.5 Å². The molecule has 3 rings (SSSR count). The molecular formula is C19H17F2N3O4S. The molecule has 0 fully saturated rings. The van der Waals surface area contributed by atoms with E-state index in [0.717, 1.165) is 0 Å². The number of rotatable bonds is 7. The van der Waals surface area contributed by atoms with Crippen molar-refractivity contribution >= 4 is 29.0 Å². The highest BCUT2D eigenvalue weighted by Gasteiger charge is 2.12. The molecule has 1 aromatic heterocycles. The molecule has 0 aliphatic carbocycles. The molecule has 0 aliphatic heterocycles. The Hall–Kier alpha value is -3.27. The fraction of sp³-hybridized carbons (Fsp3) is 0.211. The van der Waals surface area contributed by atoms with Crippen LogP contribution in [0.15, 0.2) is 41.2 Å². The molecule has 1 amide bonds. The van der Waals surface area contributed by atoms with Gasteiger partial charge in [0.15, 0.2) is 16.3 Å². The normalized spacial score (nSPS) is 10.9. The first-order valence-corrected chi connectivity index (χ1v) is 8.94. The van der Waals surface area contributed by atoms with Gasteiger partial charge >= 0.3 is 6.61 Å². The molecule has 29 heavy (non-hydrogen) atoms. The van der Waals surface area contributed by atoms with Crippen molar-refractivity contribution in [2.24, 2.45) is 0 Å². The van der Waals surface area contributed by atoms with Gasteiger partial charge in [0.1, 0.15) is 0 Å². The highest BCUT2D eigenvalue weighted by Crippen LogP contribution is 2.29. The Morgan fingerprint density at radius 3 is 2.69 bits per heavy atom. The zero-order valence-electron chi connectivity index (χ0n) is 15.3. The monoisotopic (exact) mass is 421 g/mol. The first-order chi connectivity index (χ1) is 13.9. The second kappa shape index (κ2) is 8.82. The molecule has 0 atom stereocenters. The summed E-state index contributed by atoms with van der Waals surface area (Å²) >= 11 is 4.94. The van der Waals surface area contributed by atoms with Gasteiger partial charge < -0.3 is 19.8 Å². The summed E-state index contributed by atoms with van der Waals surface area (Å²) in [6, 6.07) is 9.28. The molecule has 3 N–H and O–H groups in total. The number of benzene rings is 2. The highest BCUT2D eigenvalue weighted by molar-refractivity contribution is 7.71. The number of aromatic amines is 2. The lowest BCUT2D eigenvalue weighted by Gasteiger charge is -2.12. The van der Waals surface area contributed by atoms with Crippen molar-refractivity contribution in [3.63, 3.8) is 0 Å². The Labute approximate surface area is 168 Å². The summed E-state index contributed by atoms with van der Waals surface area (Å²) < 4.78 is 34.6. The summed E-state index contributed by atoms with van der Waals surface area (Å²) in [4.78, 5) is 29.5. The Morgan fingerprint density at radius 1 is 1.17 bits per heavy atom. The Bertz CT molecular complexity index is 1160. The van der Waals surface area contributed by atoms with E-state index in [1.54, 1.807) is 6.07 Å². The van der Waals surface area contributed by atoms with Crippen LogP contribution in [0.3, 0.4) is 0 Å². The SMILES string of the molecule is COc1ccc(CCNC(=O)c2ccc3c(=O)[nH]c(=S)[nH]c3c2)cc1OC(F)F. The fourth-order valence-corrected chi connectivity index (χ4v) is 3.00. The van der Waals surface area contributed by atoms with Gasteiger partial charge in [-0.25, -0.2) is 0 Å². The Kier molecular flexibility index (Phi) is 6.23. The second-order valence-electron chi connectivity index (χ2n) is 6.04. The number of amides is 1. The highest BCUT2D eigenvalue weighted by atomic mass is 32.1. The maximum atomic E-state index is 12.5. The molecule has 0 saturated carbocycles. The third-order valence-corrected chi connectivity index (χ3v) is 4.35. The smallest absolute Gasteiger partial charge is 0.387 e. The van der Waals surface area contributed by atoms with E-state index in [1.165, 1.54) is 37.4 Å². The lowest BCUT2D eigenvalue weighted by Crippen LogP contribution is -2.25. The first kappa shape index (κ1) is 20.5. The van der Waals surface area contributed by atoms with Gasteiger partial charge in [0.05, 0.1) is 18.0 Å². The van der Waals surface area contributed by atoms with Crippen molar-refractivity contribution in [1.82, 2.24) is 15.3 Å². The van der Waals surface area contributed by atoms with Gasteiger partial charge in [-0.1, -0.05) is 6.07 Å². The minimum atomic E-state index is -2.97. The number of alkyl halides is 2. The van der Waals surface area contributed by atoms with Crippen LogP contribution in [0.1, 0.15) is 15.9 Å². The largest absolute Gasteiger partial charge is 0.493 e. The standard InChI is InChI=1S/C19H17F2N3O4S/c1-27-14-5-2-10(8-15(14)28-18(20)21)6-7-22-16(25)11-3-4-12-13(9-11)23-19(29)24-17(12)26/h2-5,8-9,18H,6-7H2,1H3,(H,22,25)(H2,23,24,26,29). The van der Waals surface area contributed by atoms with Gasteiger partial charge in [0.2, 0.25) is 0 Å². The summed E-state index contributed by atoms with van der Waals surface area (Å²) in [5.74, 6) is -0.216. The predicted octanol–water partition coefficient (Wildman–Crippen LogP) is 3.17. The van der Waals surface area contributed by atoms with Crippen LogP contribution in [0.2, 0.25) is 0 Å². The van der Waals surface area contributed by atoms with Gasteiger partial charge in [0.25, 0.3) is 11.5 Å². The number of carbonyl (C=O) groups is 1. The second-order valence-corrected chi connectivity index (χ2v) is 6.45. The molecule has 0 radical (unpaired) electrons. The van der Waals surface area contributed by atoms with Crippen molar-refractivity contribution < 1.29 is 23.0 Å². The van der Waals surface area contributed by atoms with E-state index >= 15 is 0 Å². The number of halogens is 2. The van der Waals surface area contributed by atoms with Gasteiger partial charge in [-0.15, -0.1) is 0 Å². The molecule has 0 spiro atoms. The molecule has 0 aliphatic rings. The molecule has 2 aromatic carbocycles. The average molecular weight is 421 g/mol. The van der Waals surface area contributed by atoms with E-state index in [0.29, 0.717) is 28.5 Å². The third-order valence-electron chi connectivity index (χ3n) is 4.14. The van der Waals surface area contributed by atoms with E-state index in [9.17, 15) is 18.4 Å². The van der Waals surface area contributed by atoms with Gasteiger partial charge in [-0.3, -0.25) is 14.6 Å². The van der Waals surface area contributed by atoms with Crippen LogP contribution in [0.4, 0.5) is 8.78 Å². The molecule has 3 aromatic rings. The van der Waals surface area contributed by atoms with Crippen LogP contribution < -0.4 is 20.3 Å². The maximum absolute atomic E-state index is 12.5. The number of nitrogens with one attached hydrogen (secondary N) is 3. The van der Waals surface area contributed by atoms with Gasteiger partial charge in [-0.05, 0) is 54.5 Å². The van der Waals surface area contributed by atoms with Crippen LogP contribution in [-0.2, 0) is 6.42 Å². The number of H-pyrrole nitrogens is 2. The number of aromatic nitrogens is 2. The molecule has 152 valence electrons. The zero-order chi connectivity index (χ0) is 21.0. The van der Waals surface area contributed by atoms with Crippen LogP contribution in [0.25, 0.3) is 10.9 Å². The molecular weight excluding hydrogens is 404 g/mol. The van der Waals surface area contributed by atoms with Crippen molar-refractivity contribution in [2.75, 3.05) is 13.7 Å². The molecule has 1 heterocycles. The first-order valence-electron chi connectivity index (χ1n) is 8.53. The van der Waals surface area contributed by atoms with E-state index in [2.05, 4.69) is 20.0 Å². The van der Waals surface area contributed by atoms with Crippen LogP contribution in [0, 0.1) is 4.77 Å². The van der Waals surface area contributed by atoms with E-state index < -0.39 is 6.61 Å². The lowest BCUT2D eigenvalue weighted by atomic mass is 10.1. The predicted molar refractivity (Wildman–Crippen MR) is 105 cm³/mol. The van der Waals surface area contributed by atoms with E-state index in [4.69, 9.17) is 17.0 Å². The Morgan fingerprint density at radius 2 is 1.97 bits per heavy atom. The zero-order valence-corrected chi connectivity index (χ0v) is 16.1. The van der Waals surface area contributed by atoms with E-state index in [1.807, 2.05) is 0 Å². The topological polar surface area (TPSA) is 96.2 Å². The number of ether oxygens (including phenoxy) is 2. The van der Waals surface area contributed by atoms with Gasteiger partial charge in [0, 0.05) is 12.1 Å². The lowest BCUT2D eigenvalue weighted by molar-refractivity contribution is -0.0512. The number of carbonyl (C=O) groups excluding carboxylic acids is 1. The molecule has 0 saturated heterocycles. The van der Waals surface area contributed by atoms with Crippen molar-refractivity contribution in [3.05, 3.63) is 62.6 Å². The molecule has 0 bridgehead atoms. The van der Waals surface area contributed by atoms with Crippen LogP contribution in [0.5, 0.6) is 11.5 Å². The summed E-state index contributed by atoms with van der Waals surface area (Å²) in [5, 5.41) is 3.13. The number of methoxy groups -OCH3 is 1. The van der Waals surface area contributed by atoms with Crippen molar-refractivity contribution in [2.45, 2.75) is 13.0 Å². The third kappa shape index (κ3) is 4.96. The van der Waals surface area contributed by atoms with Crippen molar-refractivity contribution in [1.29, 1.82) is 0 Å². The molecule has 10 heteroatoms. The summed E-state index contributed by atoms with van der Waals surface area (Å²) in [6.07, 6.45) is 0.394. The number of hydrogen-bond donors (Lipinski definition) is 3. The van der Waals surface area contributed by atoms with Crippen LogP contribution >= 0.6 is 12.2 Å². The summed E-state index contributed by atoms with van der Waals surface area (Å²) in [6.45, 7) is -2.70. The Balaban J connectivity index is 1.67. The average Bonchev–Trinajstić information content (AvgIpc) is 2.67. The van der Waals surface area contributed by atoms with E-state index in [-0.39, 0.29) is 34.3 Å².